The number of hydrogen-bond donors (Lipinski definition) is 1. The fourth-order valence-electron chi connectivity index (χ4n) is 7.14. The number of amides is 1. The highest BCUT2D eigenvalue weighted by atomic mass is 29.6. The van der Waals surface area contributed by atoms with Crippen LogP contribution in [0.1, 0.15) is 72.3 Å². The van der Waals surface area contributed by atoms with E-state index in [1.54, 1.807) is 5.19 Å². The molecule has 0 aromatic heterocycles. The smallest absolute Gasteiger partial charge is 0.249 e. The fourth-order valence-corrected chi connectivity index (χ4v) is 41.0. The van der Waals surface area contributed by atoms with Crippen LogP contribution in [0.2, 0.25) is 39.3 Å². The highest BCUT2D eigenvalue weighted by Gasteiger charge is 2.59. The van der Waals surface area contributed by atoms with E-state index in [0.717, 1.165) is 24.0 Å². The quantitative estimate of drug-likeness (QED) is 0.467. The molecule has 5 heteroatoms. The lowest BCUT2D eigenvalue weighted by Crippen LogP contribution is -2.83. The van der Waals surface area contributed by atoms with Crippen LogP contribution in [0.5, 0.6) is 0 Å². The van der Waals surface area contributed by atoms with Gasteiger partial charge in [-0.2, -0.15) is 0 Å². The van der Waals surface area contributed by atoms with Crippen molar-refractivity contribution in [2.24, 2.45) is 5.73 Å². The van der Waals surface area contributed by atoms with Gasteiger partial charge in [0, 0.05) is 12.7 Å². The van der Waals surface area contributed by atoms with Crippen molar-refractivity contribution in [3.05, 3.63) is 51.1 Å². The van der Waals surface area contributed by atoms with Crippen LogP contribution in [0.25, 0.3) is 17.2 Å². The zero-order chi connectivity index (χ0) is 26.5. The van der Waals surface area contributed by atoms with Crippen molar-refractivity contribution >= 4 is 44.6 Å². The number of rotatable bonds is 3. The van der Waals surface area contributed by atoms with Crippen molar-refractivity contribution in [1.82, 2.24) is 0 Å². The summed E-state index contributed by atoms with van der Waals surface area (Å²) in [7, 11) is -5.21. The summed E-state index contributed by atoms with van der Waals surface area (Å²) >= 11 is 0. The molecule has 2 bridgehead atoms. The van der Waals surface area contributed by atoms with E-state index in [9.17, 15) is 4.79 Å². The second kappa shape index (κ2) is 7.90. The lowest BCUT2D eigenvalue weighted by molar-refractivity contribution is 0.100. The summed E-state index contributed by atoms with van der Waals surface area (Å²) in [6.45, 7) is 29.2. The van der Waals surface area contributed by atoms with Gasteiger partial charge in [-0.05, 0) is 70.7 Å². The van der Waals surface area contributed by atoms with Crippen LogP contribution in [-0.2, 0) is 11.8 Å². The third-order valence-electron chi connectivity index (χ3n) is 10.3. The first-order valence-electron chi connectivity index (χ1n) is 13.2. The molecule has 1 amide bonds. The molecule has 0 unspecified atom stereocenters. The highest BCUT2D eigenvalue weighted by molar-refractivity contribution is 7.74. The maximum atomic E-state index is 13.4. The summed E-state index contributed by atoms with van der Waals surface area (Å²) in [6.07, 6.45) is 4.43. The predicted octanol–water partition coefficient (Wildman–Crippen LogP) is 6.43. The number of carbonyl (C=O) groups is 1. The number of hydrogen-bond acceptors (Lipinski definition) is 1. The van der Waals surface area contributed by atoms with Gasteiger partial charge in [0.05, 0.1) is 15.2 Å². The average Bonchev–Trinajstić information content (AvgIpc) is 3.14. The van der Waals surface area contributed by atoms with E-state index in [2.05, 4.69) is 99.0 Å². The van der Waals surface area contributed by atoms with E-state index in [-0.39, 0.29) is 11.3 Å². The molecule has 0 atom stereocenters. The summed E-state index contributed by atoms with van der Waals surface area (Å²) in [4.78, 5) is 13.4. The molecule has 0 fully saturated rings. The third-order valence-corrected chi connectivity index (χ3v) is 51.9. The first-order chi connectivity index (χ1) is 15.9. The number of allylic oxidation sites excluding steroid dienone is 1. The Hall–Kier alpha value is -1.70. The number of nitrogens with two attached hydrogens (primary N) is 1. The molecule has 35 heavy (non-hydrogen) atoms. The molecule has 2 aliphatic rings. The van der Waals surface area contributed by atoms with Crippen molar-refractivity contribution in [3.8, 4) is 11.1 Å². The van der Waals surface area contributed by atoms with Crippen LogP contribution in [0.3, 0.4) is 0 Å². The van der Waals surface area contributed by atoms with E-state index in [1.165, 1.54) is 44.1 Å². The zero-order valence-corrected chi connectivity index (χ0v) is 27.1. The Morgan fingerprint density at radius 1 is 0.943 bits per heavy atom. The molecule has 1 aliphatic heterocycles. The summed E-state index contributed by atoms with van der Waals surface area (Å²) in [5.74, 6) is -0.240. The molecule has 0 saturated carbocycles. The standard InChI is InChI=1S/C30H45NOSi3/c1-13-20-14-21-16-22(30(4,5)6)17-24(23(21)15-20)25-18(2)27-19(3)28(26(25)29(31)32)34(9,10)35(11,12)33(27,7)8/h14,16-17H,13,15H2,1-12H3,(H2,31,32). The van der Waals surface area contributed by atoms with Gasteiger partial charge in [-0.1, -0.05) is 102 Å². The monoisotopic (exact) mass is 519 g/mol. The largest absolute Gasteiger partial charge is 0.366 e. The SMILES string of the molecule is CCC1=Cc2cc(C(C)(C)C)cc(-c3c(C)c4c(C)c(c3C(N)=O)[Si](C)(C)[Si](C)(C)[Si]4(C)C)c2C1. The number of benzene rings is 2. The Morgan fingerprint density at radius 2 is 1.51 bits per heavy atom. The van der Waals surface area contributed by atoms with Crippen LogP contribution < -0.4 is 16.1 Å². The van der Waals surface area contributed by atoms with Crippen molar-refractivity contribution < 1.29 is 4.79 Å². The van der Waals surface area contributed by atoms with Crippen molar-refractivity contribution in [2.75, 3.05) is 0 Å². The zero-order valence-electron chi connectivity index (χ0n) is 24.1. The van der Waals surface area contributed by atoms with E-state index < -0.39 is 22.3 Å². The molecule has 2 aromatic rings. The second-order valence-corrected chi connectivity index (χ2v) is 40.9. The minimum atomic E-state index is -1.89. The average molecular weight is 520 g/mol. The minimum absolute atomic E-state index is 0.0255. The van der Waals surface area contributed by atoms with Crippen molar-refractivity contribution in [1.29, 1.82) is 0 Å². The molecule has 0 radical (unpaired) electrons. The van der Waals surface area contributed by atoms with Gasteiger partial charge in [-0.15, -0.1) is 0 Å². The summed E-state index contributed by atoms with van der Waals surface area (Å²) in [5.41, 5.74) is 17.9. The Labute approximate surface area is 216 Å². The minimum Gasteiger partial charge on any atom is -0.366 e. The molecule has 2 N–H and O–H groups in total. The van der Waals surface area contributed by atoms with Crippen LogP contribution >= 0.6 is 0 Å². The topological polar surface area (TPSA) is 43.1 Å². The molecular weight excluding hydrogens is 475 g/mol. The van der Waals surface area contributed by atoms with E-state index in [4.69, 9.17) is 5.73 Å². The maximum absolute atomic E-state index is 13.4. The maximum Gasteiger partial charge on any atom is 0.249 e. The number of fused-ring (bicyclic) bond motifs is 3. The third kappa shape index (κ3) is 3.48. The van der Waals surface area contributed by atoms with Gasteiger partial charge < -0.3 is 5.73 Å². The van der Waals surface area contributed by atoms with Gasteiger partial charge in [-0.25, -0.2) is 0 Å². The molecular formula is C30H45NOSi3. The Kier molecular flexibility index (Phi) is 5.95. The van der Waals surface area contributed by atoms with Gasteiger partial charge >= 0.3 is 0 Å². The Bertz CT molecular complexity index is 1310. The van der Waals surface area contributed by atoms with Crippen LogP contribution in [0, 0.1) is 13.8 Å². The van der Waals surface area contributed by atoms with E-state index in [1.807, 2.05) is 0 Å². The van der Waals surface area contributed by atoms with Crippen LogP contribution in [0.4, 0.5) is 0 Å². The molecule has 0 saturated heterocycles. The first-order valence-corrected chi connectivity index (χ1v) is 24.2. The number of carbonyl (C=O) groups excluding carboxylic acids is 1. The normalized spacial score (nSPS) is 19.4. The molecule has 1 aliphatic carbocycles. The lowest BCUT2D eigenvalue weighted by Gasteiger charge is -2.55. The molecule has 188 valence electrons. The van der Waals surface area contributed by atoms with Crippen LogP contribution in [-0.4, -0.2) is 28.2 Å². The number of primary amides is 1. The van der Waals surface area contributed by atoms with Gasteiger partial charge in [0.1, 0.15) is 0 Å². The Balaban J connectivity index is 2.23. The fraction of sp³-hybridized carbons (Fsp3) is 0.500. The van der Waals surface area contributed by atoms with Gasteiger partial charge in [0.15, 0.2) is 0 Å². The summed E-state index contributed by atoms with van der Waals surface area (Å²) in [6, 6.07) is 4.78. The highest BCUT2D eigenvalue weighted by Crippen LogP contribution is 2.44. The summed E-state index contributed by atoms with van der Waals surface area (Å²) in [5, 5.41) is 2.99. The van der Waals surface area contributed by atoms with Crippen LogP contribution in [0.15, 0.2) is 17.7 Å². The molecule has 4 rings (SSSR count). The summed E-state index contributed by atoms with van der Waals surface area (Å²) < 4.78 is 0. The molecule has 0 spiro atoms. The molecule has 2 aromatic carbocycles. The van der Waals surface area contributed by atoms with Gasteiger partial charge in [0.2, 0.25) is 5.91 Å². The first kappa shape index (κ1) is 26.4. The Morgan fingerprint density at radius 3 is 2.03 bits per heavy atom. The van der Waals surface area contributed by atoms with Gasteiger partial charge in [0.25, 0.3) is 0 Å². The van der Waals surface area contributed by atoms with Gasteiger partial charge in [-0.3, -0.25) is 4.79 Å². The second-order valence-electron chi connectivity index (χ2n) is 13.7. The van der Waals surface area contributed by atoms with Crippen molar-refractivity contribution in [3.63, 3.8) is 0 Å². The van der Waals surface area contributed by atoms with Crippen molar-refractivity contribution in [2.45, 2.75) is 99.1 Å². The lowest BCUT2D eigenvalue weighted by atomic mass is 9.80. The van der Waals surface area contributed by atoms with E-state index in [0.29, 0.717) is 0 Å². The van der Waals surface area contributed by atoms with E-state index >= 15 is 0 Å². The predicted molar refractivity (Wildman–Crippen MR) is 162 cm³/mol. The molecule has 1 heterocycles. The molecule has 2 nitrogen and oxygen atoms in total.